The number of rotatable bonds is 8. The van der Waals surface area contributed by atoms with Crippen molar-refractivity contribution in [3.8, 4) is 6.19 Å². The van der Waals surface area contributed by atoms with Gasteiger partial charge in [-0.15, -0.1) is 10.2 Å². The molecule has 18 heteroatoms. The number of aromatic nitrogens is 3. The van der Waals surface area contributed by atoms with Crippen LogP contribution in [0.4, 0.5) is 33.9 Å². The van der Waals surface area contributed by atoms with E-state index >= 15 is 0 Å². The maximum Gasteiger partial charge on any atom is 0.310 e. The number of aliphatic hydroxyl groups excluding tert-OH is 1. The summed E-state index contributed by atoms with van der Waals surface area (Å²) >= 11 is 0. The molecule has 3 atom stereocenters. The minimum atomic E-state index is -10.1. The molecule has 0 bridgehead atoms. The van der Waals surface area contributed by atoms with Crippen LogP contribution in [-0.4, -0.2) is 67.2 Å². The van der Waals surface area contributed by atoms with E-state index in [1.54, 1.807) is 6.19 Å². The molecule has 2 amide bonds. The molecule has 1 aliphatic heterocycles. The molecule has 3 fully saturated rings. The van der Waals surface area contributed by atoms with Crippen molar-refractivity contribution in [1.29, 1.82) is 5.26 Å². The standard InChI is InChI=1S/C25H28F7N7O3S/c26-25(27)9-7-15(8-10-25)35-23(41)21(22-36-34-14-38(22)16-1-2-16)39(24(42)20-11-18(40)12-37(20)13-33)17-3-5-19(6-4-17)43(28,29,30,31)32/h3-6,14-16,18,20-21,40H,1-2,7-12H2,(H,35,41)/t18-,20-,21?/m1/s1. The Kier molecular flexibility index (Phi) is 7.16. The van der Waals surface area contributed by atoms with Crippen molar-refractivity contribution in [2.75, 3.05) is 11.4 Å². The third-order valence-electron chi connectivity index (χ3n) is 7.85. The zero-order chi connectivity index (χ0) is 31.4. The number of carbonyl (C=O) groups is 2. The van der Waals surface area contributed by atoms with E-state index in [0.29, 0.717) is 25.0 Å². The van der Waals surface area contributed by atoms with Gasteiger partial charge in [0.15, 0.2) is 18.1 Å². The van der Waals surface area contributed by atoms with Crippen LogP contribution in [0.1, 0.15) is 62.9 Å². The minimum absolute atomic E-state index is 0.0898. The second-order valence-electron chi connectivity index (χ2n) is 11.2. The molecule has 5 rings (SSSR count). The number of carbonyl (C=O) groups excluding carboxylic acids is 2. The van der Waals surface area contributed by atoms with Gasteiger partial charge in [0.1, 0.15) is 17.3 Å². The van der Waals surface area contributed by atoms with Crippen molar-refractivity contribution in [2.24, 2.45) is 0 Å². The fraction of sp³-hybridized carbons (Fsp3) is 0.560. The van der Waals surface area contributed by atoms with Gasteiger partial charge in [0, 0.05) is 37.0 Å². The first-order valence-corrected chi connectivity index (χ1v) is 15.4. The number of hydrogen-bond donors (Lipinski definition) is 2. The Morgan fingerprint density at radius 2 is 1.72 bits per heavy atom. The maximum absolute atomic E-state index is 14.1. The van der Waals surface area contributed by atoms with Gasteiger partial charge in [0.2, 0.25) is 5.92 Å². The topological polar surface area (TPSA) is 127 Å². The van der Waals surface area contributed by atoms with E-state index < -0.39 is 75.6 Å². The van der Waals surface area contributed by atoms with Gasteiger partial charge in [-0.1, -0.05) is 19.4 Å². The third kappa shape index (κ3) is 6.66. The highest BCUT2D eigenvalue weighted by molar-refractivity contribution is 8.45. The van der Waals surface area contributed by atoms with Crippen LogP contribution < -0.4 is 10.2 Å². The van der Waals surface area contributed by atoms with Crippen LogP contribution in [0.5, 0.6) is 0 Å². The zero-order valence-electron chi connectivity index (χ0n) is 22.4. The minimum Gasteiger partial charge on any atom is -0.391 e. The molecule has 2 aliphatic carbocycles. The summed E-state index contributed by atoms with van der Waals surface area (Å²) in [5, 5.41) is 30.2. The molecule has 2 aromatic rings. The highest BCUT2D eigenvalue weighted by atomic mass is 32.5. The van der Waals surface area contributed by atoms with Crippen LogP contribution in [0.15, 0.2) is 35.5 Å². The SMILES string of the molecule is N#CN1C[C@H](O)C[C@@H]1C(=O)N(c1ccc(S(F)(F)(F)(F)F)cc1)C(C(=O)NC1CCC(F)(F)CC1)c1nncn1C1CC1. The van der Waals surface area contributed by atoms with E-state index in [0.717, 1.165) is 9.80 Å². The lowest BCUT2D eigenvalue weighted by atomic mass is 9.92. The van der Waals surface area contributed by atoms with E-state index in [4.69, 9.17) is 0 Å². The van der Waals surface area contributed by atoms with E-state index in [1.807, 2.05) is 0 Å². The van der Waals surface area contributed by atoms with Crippen molar-refractivity contribution in [1.82, 2.24) is 25.0 Å². The smallest absolute Gasteiger partial charge is 0.310 e. The summed E-state index contributed by atoms with van der Waals surface area (Å²) in [6.45, 7) is -0.241. The van der Waals surface area contributed by atoms with E-state index in [2.05, 4.69) is 15.5 Å². The molecule has 2 saturated carbocycles. The molecular weight excluding hydrogens is 611 g/mol. The highest BCUT2D eigenvalue weighted by Crippen LogP contribution is 3.02. The normalized spacial score (nSPS) is 24.9. The molecular formula is C25H28F7N7O3S. The summed E-state index contributed by atoms with van der Waals surface area (Å²) in [6, 6.07) is -2.62. The lowest BCUT2D eigenvalue weighted by Gasteiger charge is -2.41. The fourth-order valence-corrected chi connectivity index (χ4v) is 6.13. The van der Waals surface area contributed by atoms with Crippen molar-refractivity contribution in [3.05, 3.63) is 36.4 Å². The van der Waals surface area contributed by atoms with Crippen LogP contribution >= 0.6 is 10.2 Å². The number of nitriles is 1. The summed E-state index contributed by atoms with van der Waals surface area (Å²) in [5.74, 6) is -4.94. The molecule has 0 radical (unpaired) electrons. The molecule has 3 aliphatic rings. The first-order chi connectivity index (χ1) is 19.9. The summed E-state index contributed by atoms with van der Waals surface area (Å²) in [7, 11) is -10.1. The first-order valence-electron chi connectivity index (χ1n) is 13.5. The predicted molar refractivity (Wildman–Crippen MR) is 138 cm³/mol. The number of aliphatic hydroxyl groups is 1. The van der Waals surface area contributed by atoms with Crippen LogP contribution in [0.3, 0.4) is 0 Å². The molecule has 2 N–H and O–H groups in total. The van der Waals surface area contributed by atoms with Crippen molar-refractivity contribution < 1.29 is 42.9 Å². The van der Waals surface area contributed by atoms with E-state index in [-0.39, 0.29) is 49.8 Å². The first kappa shape index (κ1) is 30.9. The number of alkyl halides is 2. The van der Waals surface area contributed by atoms with Gasteiger partial charge in [-0.05, 0) is 49.9 Å². The molecule has 1 unspecified atom stereocenters. The number of hydrogen-bond acceptors (Lipinski definition) is 7. The molecule has 236 valence electrons. The van der Waals surface area contributed by atoms with Gasteiger partial charge < -0.3 is 15.0 Å². The molecule has 1 saturated heterocycles. The van der Waals surface area contributed by atoms with Crippen LogP contribution in [-0.2, 0) is 9.59 Å². The van der Waals surface area contributed by atoms with Gasteiger partial charge in [-0.3, -0.25) is 19.4 Å². The molecule has 10 nitrogen and oxygen atoms in total. The van der Waals surface area contributed by atoms with E-state index in [1.165, 1.54) is 10.9 Å². The molecule has 1 aromatic heterocycles. The van der Waals surface area contributed by atoms with Gasteiger partial charge >= 0.3 is 10.2 Å². The number of anilines is 1. The maximum atomic E-state index is 14.1. The lowest BCUT2D eigenvalue weighted by Crippen LogP contribution is -2.52. The van der Waals surface area contributed by atoms with Crippen molar-refractivity contribution in [3.63, 3.8) is 0 Å². The zero-order valence-corrected chi connectivity index (χ0v) is 23.2. The number of β-amino-alcohol motifs (C(OH)–C–C–N with tert-alkyl or cyclic N) is 1. The third-order valence-corrected chi connectivity index (χ3v) is 9.01. The van der Waals surface area contributed by atoms with Gasteiger partial charge in [-0.25, -0.2) is 8.78 Å². The Balaban J connectivity index is 1.60. The number of halogens is 7. The Morgan fingerprint density at radius 1 is 1.09 bits per heavy atom. The number of amides is 2. The second-order valence-corrected chi connectivity index (χ2v) is 13.6. The summed E-state index contributed by atoms with van der Waals surface area (Å²) in [4.78, 5) is 27.5. The van der Waals surface area contributed by atoms with E-state index in [9.17, 15) is 48.2 Å². The van der Waals surface area contributed by atoms with Crippen molar-refractivity contribution in [2.45, 2.75) is 86.0 Å². The van der Waals surface area contributed by atoms with Gasteiger partial charge in [0.25, 0.3) is 11.8 Å². The number of nitrogens with zero attached hydrogens (tertiary/aromatic N) is 6. The Morgan fingerprint density at radius 3 is 2.28 bits per heavy atom. The summed E-state index contributed by atoms with van der Waals surface area (Å²) in [6.07, 6.45) is 1.81. The molecule has 43 heavy (non-hydrogen) atoms. The summed E-state index contributed by atoms with van der Waals surface area (Å²) in [5.41, 5.74) is -0.407. The number of benzene rings is 1. The van der Waals surface area contributed by atoms with Gasteiger partial charge in [-0.2, -0.15) is 5.26 Å². The number of nitrogens with one attached hydrogen (secondary N) is 1. The second kappa shape index (κ2) is 9.97. The molecule has 1 aromatic carbocycles. The fourth-order valence-electron chi connectivity index (χ4n) is 5.48. The largest absolute Gasteiger partial charge is 0.391 e. The summed E-state index contributed by atoms with van der Waals surface area (Å²) < 4.78 is 96.6. The van der Waals surface area contributed by atoms with Crippen molar-refractivity contribution >= 4 is 27.7 Å². The Labute approximate surface area is 241 Å². The van der Waals surface area contributed by atoms with Crippen LogP contribution in [0, 0.1) is 11.5 Å². The Bertz CT molecular complexity index is 1440. The quantitative estimate of drug-likeness (QED) is 0.309. The highest BCUT2D eigenvalue weighted by Gasteiger charge is 2.65. The molecule has 2 heterocycles. The lowest BCUT2D eigenvalue weighted by molar-refractivity contribution is -0.129. The Hall–Kier alpha value is -3.59. The molecule has 0 spiro atoms. The number of likely N-dealkylation sites (tertiary alicyclic amines) is 1. The van der Waals surface area contributed by atoms with Crippen LogP contribution in [0.2, 0.25) is 0 Å². The monoisotopic (exact) mass is 639 g/mol. The average Bonchev–Trinajstić information content (AvgIpc) is 3.52. The average molecular weight is 640 g/mol. The predicted octanol–water partition coefficient (Wildman–Crippen LogP) is 4.96. The van der Waals surface area contributed by atoms with Gasteiger partial charge in [0.05, 0.1) is 12.6 Å². The van der Waals surface area contributed by atoms with Crippen LogP contribution in [0.25, 0.3) is 0 Å².